The smallest absolute Gasteiger partial charge is 0.248 e. The Kier molecular flexibility index (Phi) is 6.70. The van der Waals surface area contributed by atoms with Crippen molar-refractivity contribution in [3.63, 3.8) is 0 Å². The van der Waals surface area contributed by atoms with Gasteiger partial charge in [0.2, 0.25) is 11.1 Å². The van der Waals surface area contributed by atoms with Crippen molar-refractivity contribution in [3.05, 3.63) is 112 Å². The molecule has 0 saturated carbocycles. The molecule has 2 heterocycles. The SMILES string of the molecule is O=c1ccc2ccccc2[nH]1.O=c1ccc2ccccc2[nH]1.Oc1cccc(O)c1O. The lowest BCUT2D eigenvalue weighted by molar-refractivity contribution is 0.368. The summed E-state index contributed by atoms with van der Waals surface area (Å²) < 4.78 is 0. The van der Waals surface area contributed by atoms with Crippen molar-refractivity contribution >= 4 is 21.8 Å². The first-order valence-electron chi connectivity index (χ1n) is 9.30. The Hall–Kier alpha value is -4.52. The maximum atomic E-state index is 10.8. The molecule has 0 amide bonds. The van der Waals surface area contributed by atoms with E-state index >= 15 is 0 Å². The molecule has 5 rings (SSSR count). The summed E-state index contributed by atoms with van der Waals surface area (Å²) in [5, 5.41) is 28.2. The van der Waals surface area contributed by atoms with Gasteiger partial charge in [0.25, 0.3) is 0 Å². The normalized spacial score (nSPS) is 9.94. The molecule has 0 bridgehead atoms. The van der Waals surface area contributed by atoms with Gasteiger partial charge in [-0.05, 0) is 47.2 Å². The van der Waals surface area contributed by atoms with E-state index in [4.69, 9.17) is 15.3 Å². The highest BCUT2D eigenvalue weighted by molar-refractivity contribution is 5.78. The number of aromatic nitrogens is 2. The average Bonchev–Trinajstić information content (AvgIpc) is 2.78. The number of nitrogens with one attached hydrogen (secondary N) is 2. The zero-order valence-corrected chi connectivity index (χ0v) is 16.3. The molecular formula is C24H20N2O5. The number of H-pyrrole nitrogens is 2. The van der Waals surface area contributed by atoms with Gasteiger partial charge in [-0.3, -0.25) is 9.59 Å². The van der Waals surface area contributed by atoms with Crippen LogP contribution in [0, 0.1) is 0 Å². The zero-order valence-electron chi connectivity index (χ0n) is 16.3. The van der Waals surface area contributed by atoms with E-state index in [0.717, 1.165) is 21.8 Å². The Morgan fingerprint density at radius 2 is 0.903 bits per heavy atom. The average molecular weight is 416 g/mol. The monoisotopic (exact) mass is 416 g/mol. The number of phenolic OH excluding ortho intramolecular Hbond substituents is 3. The number of para-hydroxylation sites is 3. The lowest BCUT2D eigenvalue weighted by Crippen LogP contribution is -2.01. The first-order chi connectivity index (χ1) is 14.9. The predicted octanol–water partition coefficient (Wildman–Crippen LogP) is 3.86. The number of rotatable bonds is 0. The molecule has 156 valence electrons. The summed E-state index contributed by atoms with van der Waals surface area (Å²) in [5.41, 5.74) is 1.67. The third kappa shape index (κ3) is 5.74. The molecule has 5 aromatic rings. The van der Waals surface area contributed by atoms with E-state index in [1.54, 1.807) is 0 Å². The molecule has 3 aromatic carbocycles. The minimum atomic E-state index is -0.475. The van der Waals surface area contributed by atoms with Crippen molar-refractivity contribution < 1.29 is 15.3 Å². The minimum absolute atomic E-state index is 0.0521. The molecule has 31 heavy (non-hydrogen) atoms. The summed E-state index contributed by atoms with van der Waals surface area (Å²) in [4.78, 5) is 27.1. The van der Waals surface area contributed by atoms with Crippen LogP contribution >= 0.6 is 0 Å². The van der Waals surface area contributed by atoms with Gasteiger partial charge < -0.3 is 25.3 Å². The van der Waals surface area contributed by atoms with Crippen molar-refractivity contribution in [2.75, 3.05) is 0 Å². The number of aromatic amines is 2. The minimum Gasteiger partial charge on any atom is -0.504 e. The van der Waals surface area contributed by atoms with E-state index in [9.17, 15) is 9.59 Å². The summed E-state index contributed by atoms with van der Waals surface area (Å²) in [7, 11) is 0. The number of benzene rings is 3. The predicted molar refractivity (Wildman–Crippen MR) is 121 cm³/mol. The lowest BCUT2D eigenvalue weighted by atomic mass is 10.2. The Labute approximate surface area is 176 Å². The Balaban J connectivity index is 0.000000133. The molecule has 7 nitrogen and oxygen atoms in total. The molecule has 0 aliphatic heterocycles. The Morgan fingerprint density at radius 3 is 1.32 bits per heavy atom. The second-order valence-electron chi connectivity index (χ2n) is 6.46. The van der Waals surface area contributed by atoms with E-state index in [2.05, 4.69) is 9.97 Å². The van der Waals surface area contributed by atoms with Gasteiger partial charge in [0, 0.05) is 23.2 Å². The number of phenols is 3. The van der Waals surface area contributed by atoms with Gasteiger partial charge in [-0.15, -0.1) is 0 Å². The maximum Gasteiger partial charge on any atom is 0.248 e. The molecule has 0 unspecified atom stereocenters. The first-order valence-corrected chi connectivity index (χ1v) is 9.30. The highest BCUT2D eigenvalue weighted by atomic mass is 16.3. The van der Waals surface area contributed by atoms with E-state index < -0.39 is 5.75 Å². The van der Waals surface area contributed by atoms with Crippen LogP contribution in [-0.4, -0.2) is 25.3 Å². The quantitative estimate of drug-likeness (QED) is 0.245. The first kappa shape index (κ1) is 21.2. The number of hydrogen-bond acceptors (Lipinski definition) is 5. The van der Waals surface area contributed by atoms with Crippen LogP contribution in [0.1, 0.15) is 0 Å². The van der Waals surface area contributed by atoms with Gasteiger partial charge in [-0.1, -0.05) is 42.5 Å². The van der Waals surface area contributed by atoms with Crippen molar-refractivity contribution in [1.82, 2.24) is 9.97 Å². The molecule has 7 heteroatoms. The largest absolute Gasteiger partial charge is 0.504 e. The fraction of sp³-hybridized carbons (Fsp3) is 0. The molecule has 0 saturated heterocycles. The molecule has 0 radical (unpaired) electrons. The topological polar surface area (TPSA) is 126 Å². The van der Waals surface area contributed by atoms with Crippen LogP contribution in [0.3, 0.4) is 0 Å². The summed E-state index contributed by atoms with van der Waals surface area (Å²) in [5.74, 6) is -1.09. The number of pyridine rings is 2. The van der Waals surface area contributed by atoms with Crippen LogP contribution in [0.15, 0.2) is 101 Å². The van der Waals surface area contributed by atoms with Crippen LogP contribution in [0.5, 0.6) is 17.2 Å². The van der Waals surface area contributed by atoms with E-state index in [1.165, 1.54) is 30.3 Å². The summed E-state index contributed by atoms with van der Waals surface area (Å²) in [6.45, 7) is 0. The van der Waals surface area contributed by atoms with Crippen molar-refractivity contribution in [2.45, 2.75) is 0 Å². The fourth-order valence-electron chi connectivity index (χ4n) is 2.71. The van der Waals surface area contributed by atoms with Gasteiger partial charge in [0.15, 0.2) is 17.2 Å². The van der Waals surface area contributed by atoms with Crippen molar-refractivity contribution in [3.8, 4) is 17.2 Å². The lowest BCUT2D eigenvalue weighted by Gasteiger charge is -1.96. The van der Waals surface area contributed by atoms with E-state index in [1.807, 2.05) is 60.7 Å². The summed E-state index contributed by atoms with van der Waals surface area (Å²) in [6.07, 6.45) is 0. The van der Waals surface area contributed by atoms with Crippen LogP contribution in [0.25, 0.3) is 21.8 Å². The van der Waals surface area contributed by atoms with E-state index in [0.29, 0.717) is 0 Å². The fourth-order valence-corrected chi connectivity index (χ4v) is 2.71. The number of aromatic hydroxyl groups is 3. The third-order valence-electron chi connectivity index (χ3n) is 4.26. The van der Waals surface area contributed by atoms with Gasteiger partial charge in [-0.25, -0.2) is 0 Å². The molecular weight excluding hydrogens is 396 g/mol. The highest BCUT2D eigenvalue weighted by Crippen LogP contribution is 2.32. The third-order valence-corrected chi connectivity index (χ3v) is 4.26. The van der Waals surface area contributed by atoms with Crippen molar-refractivity contribution in [1.29, 1.82) is 0 Å². The molecule has 0 aliphatic rings. The Morgan fingerprint density at radius 1 is 0.484 bits per heavy atom. The molecule has 0 aliphatic carbocycles. The van der Waals surface area contributed by atoms with Gasteiger partial charge in [0.1, 0.15) is 0 Å². The van der Waals surface area contributed by atoms with Crippen LogP contribution < -0.4 is 11.1 Å². The molecule has 0 atom stereocenters. The number of hydrogen-bond donors (Lipinski definition) is 5. The van der Waals surface area contributed by atoms with Crippen LogP contribution in [0.2, 0.25) is 0 Å². The molecule has 0 fully saturated rings. The summed E-state index contributed by atoms with van der Waals surface area (Å²) >= 11 is 0. The van der Waals surface area contributed by atoms with E-state index in [-0.39, 0.29) is 22.6 Å². The molecule has 0 spiro atoms. The second-order valence-corrected chi connectivity index (χ2v) is 6.46. The van der Waals surface area contributed by atoms with Crippen LogP contribution in [-0.2, 0) is 0 Å². The van der Waals surface area contributed by atoms with Gasteiger partial charge in [-0.2, -0.15) is 0 Å². The highest BCUT2D eigenvalue weighted by Gasteiger charge is 2.01. The molecule has 5 N–H and O–H groups in total. The summed E-state index contributed by atoms with van der Waals surface area (Å²) in [6, 6.07) is 26.1. The van der Waals surface area contributed by atoms with Gasteiger partial charge >= 0.3 is 0 Å². The molecule has 2 aromatic heterocycles. The van der Waals surface area contributed by atoms with Gasteiger partial charge in [0.05, 0.1) is 0 Å². The maximum absolute atomic E-state index is 10.8. The van der Waals surface area contributed by atoms with Crippen LogP contribution in [0.4, 0.5) is 0 Å². The number of fused-ring (bicyclic) bond motifs is 2. The zero-order chi connectivity index (χ0) is 22.2. The Bertz CT molecular complexity index is 1320. The van der Waals surface area contributed by atoms with Crippen molar-refractivity contribution in [2.24, 2.45) is 0 Å². The second kappa shape index (κ2) is 9.80. The standard InChI is InChI=1S/2C9H7NO.C6H6O3/c2*11-9-6-5-7-3-1-2-4-8(7)10-9;7-4-2-1-3-5(8)6(4)9/h2*1-6H,(H,10,11);1-3,7-9H.